The van der Waals surface area contributed by atoms with Crippen molar-refractivity contribution in [3.63, 3.8) is 0 Å². The van der Waals surface area contributed by atoms with Gasteiger partial charge in [0.25, 0.3) is 0 Å². The van der Waals surface area contributed by atoms with E-state index in [-0.39, 0.29) is 36.7 Å². The van der Waals surface area contributed by atoms with Gasteiger partial charge in [0, 0.05) is 38.2 Å². The van der Waals surface area contributed by atoms with Gasteiger partial charge in [-0.3, -0.25) is 0 Å². The van der Waals surface area contributed by atoms with E-state index in [1.165, 1.54) is 25.7 Å². The summed E-state index contributed by atoms with van der Waals surface area (Å²) in [6.07, 6.45) is 14.1. The summed E-state index contributed by atoms with van der Waals surface area (Å²) in [5.74, 6) is 0. The fourth-order valence-corrected chi connectivity index (χ4v) is 2.52. The van der Waals surface area contributed by atoms with E-state index in [4.69, 9.17) is 4.74 Å². The second-order valence-electron chi connectivity index (χ2n) is 9.79. The first kappa shape index (κ1) is 45.5. The van der Waals surface area contributed by atoms with Crippen molar-refractivity contribution >= 4 is 0 Å². The Kier molecular flexibility index (Phi) is 45.0. The van der Waals surface area contributed by atoms with E-state index >= 15 is 0 Å². The number of methoxy groups -OCH3 is 1. The van der Waals surface area contributed by atoms with Crippen LogP contribution < -0.4 is 0 Å². The molecule has 6 heteroatoms. The first-order valence-electron chi connectivity index (χ1n) is 13.8. The third kappa shape index (κ3) is 44.9. The molecule has 0 saturated heterocycles. The Bertz CT molecular complexity index is 338. The normalized spacial score (nSPS) is 14.1. The molecule has 4 N–H and O–H groups in total. The molecule has 4 atom stereocenters. The van der Waals surface area contributed by atoms with E-state index in [2.05, 4.69) is 26.0 Å². The molecule has 0 fully saturated rings. The Labute approximate surface area is 243 Å². The Morgan fingerprint density at radius 3 is 0.857 bits per heavy atom. The van der Waals surface area contributed by atoms with Crippen molar-refractivity contribution in [1.29, 1.82) is 0 Å². The molecule has 0 aromatic heterocycles. The van der Waals surface area contributed by atoms with Gasteiger partial charge < -0.3 is 25.2 Å². The molecule has 0 amide bonds. The zero-order valence-electron chi connectivity index (χ0n) is 25.1. The minimum atomic E-state index is -0.509. The SMILES string of the molecule is CCC/C=C/CCC.CCC[C@@H](O)[C@H](O)CCC.CCC[C@@H](O)[C@H](O)CCC.COC(C)(C)C.[U]. The summed E-state index contributed by atoms with van der Waals surface area (Å²) in [4.78, 5) is 0. The van der Waals surface area contributed by atoms with Crippen LogP contribution in [-0.4, -0.2) is 57.6 Å². The fraction of sp³-hybridized carbons (Fsp3) is 0.931. The van der Waals surface area contributed by atoms with Crippen molar-refractivity contribution in [3.05, 3.63) is 12.2 Å². The van der Waals surface area contributed by atoms with Crippen LogP contribution in [0.4, 0.5) is 0 Å². The van der Waals surface area contributed by atoms with Crippen molar-refractivity contribution < 1.29 is 56.3 Å². The molecule has 35 heavy (non-hydrogen) atoms. The number of hydrogen-bond acceptors (Lipinski definition) is 5. The van der Waals surface area contributed by atoms with Gasteiger partial charge in [-0.2, -0.15) is 0 Å². The summed E-state index contributed by atoms with van der Waals surface area (Å²) in [6.45, 7) is 18.5. The van der Waals surface area contributed by atoms with Gasteiger partial charge in [0.1, 0.15) is 0 Å². The molecule has 0 spiro atoms. The van der Waals surface area contributed by atoms with Gasteiger partial charge in [0.05, 0.1) is 30.0 Å². The predicted octanol–water partition coefficient (Wildman–Crippen LogP) is 7.19. The summed E-state index contributed by atoms with van der Waals surface area (Å²) in [6, 6.07) is 0. The van der Waals surface area contributed by atoms with Crippen LogP contribution in [-0.2, 0) is 4.74 Å². The van der Waals surface area contributed by atoms with Crippen molar-refractivity contribution in [2.24, 2.45) is 0 Å². The number of aliphatic hydroxyl groups excluding tert-OH is 4. The minimum absolute atomic E-state index is 0. The van der Waals surface area contributed by atoms with Crippen molar-refractivity contribution in [3.8, 4) is 0 Å². The van der Waals surface area contributed by atoms with E-state index in [9.17, 15) is 20.4 Å². The van der Waals surface area contributed by atoms with E-state index in [0.717, 1.165) is 25.7 Å². The van der Waals surface area contributed by atoms with Crippen LogP contribution in [0.3, 0.4) is 0 Å². The fourth-order valence-electron chi connectivity index (χ4n) is 2.52. The van der Waals surface area contributed by atoms with Crippen LogP contribution in [0.5, 0.6) is 0 Å². The Morgan fingerprint density at radius 2 is 0.743 bits per heavy atom. The first-order chi connectivity index (χ1) is 15.9. The summed E-state index contributed by atoms with van der Waals surface area (Å²) < 4.78 is 4.94. The average molecular weight is 731 g/mol. The van der Waals surface area contributed by atoms with E-state index < -0.39 is 24.4 Å². The maximum atomic E-state index is 9.20. The van der Waals surface area contributed by atoms with Crippen LogP contribution in [0.15, 0.2) is 12.2 Å². The van der Waals surface area contributed by atoms with Gasteiger partial charge in [-0.25, -0.2) is 0 Å². The monoisotopic (exact) mass is 731 g/mol. The van der Waals surface area contributed by atoms with Crippen LogP contribution in [0.25, 0.3) is 0 Å². The predicted molar refractivity (Wildman–Crippen MR) is 149 cm³/mol. The Morgan fingerprint density at radius 1 is 0.543 bits per heavy atom. The number of aliphatic hydroxyl groups is 4. The molecule has 0 radical (unpaired) electrons. The van der Waals surface area contributed by atoms with Crippen molar-refractivity contribution in [2.75, 3.05) is 7.11 Å². The van der Waals surface area contributed by atoms with E-state index in [1.807, 2.05) is 48.5 Å². The summed E-state index contributed by atoms with van der Waals surface area (Å²) in [5, 5.41) is 36.8. The number of hydrogen-bond donors (Lipinski definition) is 4. The summed E-state index contributed by atoms with van der Waals surface area (Å²) in [5.41, 5.74) is 0.0417. The molecule has 0 bridgehead atoms. The number of rotatable bonds is 14. The zero-order valence-corrected chi connectivity index (χ0v) is 29.3. The molecule has 0 aliphatic carbocycles. The Balaban J connectivity index is -0.000000115. The molecular weight excluding hydrogens is 666 g/mol. The Hall–Kier alpha value is 0.592. The summed E-state index contributed by atoms with van der Waals surface area (Å²) in [7, 11) is 1.71. The molecule has 0 aliphatic rings. The first-order valence-corrected chi connectivity index (χ1v) is 13.8. The van der Waals surface area contributed by atoms with Crippen LogP contribution in [0, 0.1) is 31.1 Å². The molecule has 5 nitrogen and oxygen atoms in total. The third-order valence-corrected chi connectivity index (χ3v) is 4.92. The van der Waals surface area contributed by atoms with Crippen molar-refractivity contribution in [2.45, 2.75) is 169 Å². The van der Waals surface area contributed by atoms with E-state index in [0.29, 0.717) is 25.7 Å². The second kappa shape index (κ2) is 34.6. The second-order valence-corrected chi connectivity index (χ2v) is 9.79. The van der Waals surface area contributed by atoms with Gasteiger partial charge in [0.15, 0.2) is 0 Å². The molecular formula is C29H64O5U. The standard InChI is InChI=1S/2C8H18O2.C8H16.C5H12O.U/c2*1-3-5-7(9)8(10)6-4-2;1-3-5-7-8-6-4-2;1-5(2,3)6-4;/h2*7-10H,3-6H2,1-2H3;7-8H,3-6H2,1-2H3;1-4H3;/b;;8-7+;;/t2*7-,8-;;;/m11.../s1. The van der Waals surface area contributed by atoms with Gasteiger partial charge in [-0.1, -0.05) is 92.2 Å². The smallest absolute Gasteiger partial charge is 0.0799 e. The number of unbranched alkanes of at least 4 members (excludes halogenated alkanes) is 2. The van der Waals surface area contributed by atoms with Gasteiger partial charge in [-0.15, -0.1) is 0 Å². The largest absolute Gasteiger partial charge is 0.390 e. The van der Waals surface area contributed by atoms with Crippen molar-refractivity contribution in [1.82, 2.24) is 0 Å². The average Bonchev–Trinajstić information content (AvgIpc) is 2.78. The maximum absolute atomic E-state index is 9.20. The van der Waals surface area contributed by atoms with Gasteiger partial charge in [-0.05, 0) is 59.3 Å². The molecule has 0 heterocycles. The minimum Gasteiger partial charge on any atom is -0.390 e. The topological polar surface area (TPSA) is 90.2 Å². The van der Waals surface area contributed by atoms with Crippen LogP contribution in [0.2, 0.25) is 0 Å². The zero-order chi connectivity index (χ0) is 27.4. The number of ether oxygens (including phenoxy) is 1. The molecule has 0 unspecified atom stereocenters. The molecule has 214 valence electrons. The molecule has 0 aliphatic heterocycles. The molecule has 0 aromatic carbocycles. The van der Waals surface area contributed by atoms with Crippen LogP contribution in [0.1, 0.15) is 139 Å². The summed E-state index contributed by atoms with van der Waals surface area (Å²) >= 11 is 0. The van der Waals surface area contributed by atoms with Gasteiger partial charge >= 0.3 is 0 Å². The quantitative estimate of drug-likeness (QED) is 0.142. The van der Waals surface area contributed by atoms with Crippen LogP contribution >= 0.6 is 0 Å². The maximum Gasteiger partial charge on any atom is 0.0799 e. The molecule has 0 saturated carbocycles. The number of allylic oxidation sites excluding steroid dienone is 2. The molecule has 0 rings (SSSR count). The van der Waals surface area contributed by atoms with Gasteiger partial charge in [0.2, 0.25) is 0 Å². The van der Waals surface area contributed by atoms with E-state index in [1.54, 1.807) is 7.11 Å². The molecule has 0 aromatic rings. The third-order valence-electron chi connectivity index (χ3n) is 4.92.